The van der Waals surface area contributed by atoms with E-state index >= 15 is 0 Å². The molecule has 1 unspecified atom stereocenters. The number of halogens is 1. The Labute approximate surface area is 181 Å². The molecule has 1 saturated heterocycles. The lowest BCUT2D eigenvalue weighted by atomic mass is 9.99. The fourth-order valence-corrected chi connectivity index (χ4v) is 4.39. The number of nitrogens with zero attached hydrogens (tertiary/aromatic N) is 1. The van der Waals surface area contributed by atoms with Gasteiger partial charge in [-0.25, -0.2) is 4.39 Å². The Hall–Kier alpha value is -3.65. The van der Waals surface area contributed by atoms with Crippen molar-refractivity contribution >= 4 is 34.5 Å². The third-order valence-electron chi connectivity index (χ3n) is 5.02. The number of ether oxygens (including phenoxy) is 2. The van der Waals surface area contributed by atoms with Crippen molar-refractivity contribution in [3.63, 3.8) is 0 Å². The quantitative estimate of drug-likeness (QED) is 0.359. The van der Waals surface area contributed by atoms with Crippen molar-refractivity contribution in [2.24, 2.45) is 0 Å². The number of aliphatic hydroxyl groups excluding tert-OH is 1. The molecule has 1 aromatic heterocycles. The zero-order valence-electron chi connectivity index (χ0n) is 16.7. The lowest BCUT2D eigenvalue weighted by molar-refractivity contribution is -0.132. The predicted molar refractivity (Wildman–Crippen MR) is 115 cm³/mol. The second-order valence-corrected chi connectivity index (χ2v) is 7.71. The van der Waals surface area contributed by atoms with E-state index in [1.165, 1.54) is 42.6 Å². The minimum absolute atomic E-state index is 0.00297. The van der Waals surface area contributed by atoms with Gasteiger partial charge in [0.05, 0.1) is 25.4 Å². The van der Waals surface area contributed by atoms with E-state index < -0.39 is 29.3 Å². The van der Waals surface area contributed by atoms with Gasteiger partial charge in [0.1, 0.15) is 29.1 Å². The van der Waals surface area contributed by atoms with Gasteiger partial charge in [-0.15, -0.1) is 11.3 Å². The van der Waals surface area contributed by atoms with Gasteiger partial charge < -0.3 is 14.6 Å². The number of benzene rings is 2. The minimum Gasteiger partial charge on any atom is -0.507 e. The summed E-state index contributed by atoms with van der Waals surface area (Å²) in [5.74, 6) is -1.99. The number of aliphatic hydroxyl groups is 1. The highest BCUT2D eigenvalue weighted by Crippen LogP contribution is 2.44. The minimum atomic E-state index is -0.874. The summed E-state index contributed by atoms with van der Waals surface area (Å²) < 4.78 is 24.3. The molecule has 6 nitrogen and oxygen atoms in total. The van der Waals surface area contributed by atoms with Crippen LogP contribution in [0.1, 0.15) is 16.5 Å². The van der Waals surface area contributed by atoms with E-state index in [0.717, 1.165) is 6.07 Å². The Kier molecular flexibility index (Phi) is 5.48. The molecule has 3 aromatic rings. The molecule has 0 saturated carbocycles. The van der Waals surface area contributed by atoms with Crippen molar-refractivity contribution in [2.75, 3.05) is 19.1 Å². The SMILES string of the molecule is COc1ccc(N2C(=O)C(=O)/C(=C(\O)c3cc(F)ccc3OC)C2c2cccs2)cc1. The van der Waals surface area contributed by atoms with Crippen molar-refractivity contribution in [2.45, 2.75) is 6.04 Å². The van der Waals surface area contributed by atoms with E-state index in [1.807, 2.05) is 5.38 Å². The number of thiophene rings is 1. The Morgan fingerprint density at radius 3 is 2.42 bits per heavy atom. The molecule has 1 amide bonds. The van der Waals surface area contributed by atoms with Gasteiger partial charge in [-0.1, -0.05) is 6.07 Å². The summed E-state index contributed by atoms with van der Waals surface area (Å²) in [6, 6.07) is 13.0. The van der Waals surface area contributed by atoms with E-state index in [2.05, 4.69) is 0 Å². The average molecular weight is 439 g/mol. The number of anilines is 1. The first kappa shape index (κ1) is 20.6. The molecule has 158 valence electrons. The van der Waals surface area contributed by atoms with Gasteiger partial charge in [-0.3, -0.25) is 14.5 Å². The fraction of sp³-hybridized carbons (Fsp3) is 0.130. The van der Waals surface area contributed by atoms with Crippen LogP contribution in [-0.4, -0.2) is 31.0 Å². The van der Waals surface area contributed by atoms with Crippen LogP contribution in [0.4, 0.5) is 10.1 Å². The average Bonchev–Trinajstić information content (AvgIpc) is 3.40. The lowest BCUT2D eigenvalue weighted by Gasteiger charge is -2.24. The molecule has 2 aromatic carbocycles. The van der Waals surface area contributed by atoms with Gasteiger partial charge >= 0.3 is 0 Å². The topological polar surface area (TPSA) is 76.1 Å². The Morgan fingerprint density at radius 1 is 1.06 bits per heavy atom. The smallest absolute Gasteiger partial charge is 0.300 e. The number of amides is 1. The maximum atomic E-state index is 13.9. The summed E-state index contributed by atoms with van der Waals surface area (Å²) in [5.41, 5.74) is 0.329. The van der Waals surface area contributed by atoms with Crippen LogP contribution in [0.15, 0.2) is 65.6 Å². The molecule has 1 aliphatic heterocycles. The molecule has 31 heavy (non-hydrogen) atoms. The summed E-state index contributed by atoms with van der Waals surface area (Å²) in [6.45, 7) is 0. The summed E-state index contributed by atoms with van der Waals surface area (Å²) in [6.07, 6.45) is 0. The summed E-state index contributed by atoms with van der Waals surface area (Å²) in [5, 5.41) is 12.9. The molecular weight excluding hydrogens is 421 g/mol. The number of ketones is 1. The molecule has 0 aliphatic carbocycles. The van der Waals surface area contributed by atoms with Gasteiger partial charge in [-0.05, 0) is 53.9 Å². The lowest BCUT2D eigenvalue weighted by Crippen LogP contribution is -2.29. The van der Waals surface area contributed by atoms with E-state index in [0.29, 0.717) is 16.3 Å². The predicted octanol–water partition coefficient (Wildman–Crippen LogP) is 4.53. The number of rotatable bonds is 5. The van der Waals surface area contributed by atoms with E-state index in [-0.39, 0.29) is 16.9 Å². The number of hydrogen-bond donors (Lipinski definition) is 1. The van der Waals surface area contributed by atoms with E-state index in [9.17, 15) is 19.1 Å². The maximum absolute atomic E-state index is 13.9. The maximum Gasteiger partial charge on any atom is 0.300 e. The van der Waals surface area contributed by atoms with Crippen molar-refractivity contribution < 1.29 is 28.6 Å². The molecule has 4 rings (SSSR count). The Morgan fingerprint density at radius 2 is 1.81 bits per heavy atom. The number of methoxy groups -OCH3 is 2. The van der Waals surface area contributed by atoms with Gasteiger partial charge in [-0.2, -0.15) is 0 Å². The summed E-state index contributed by atoms with van der Waals surface area (Å²) >= 11 is 1.34. The second kappa shape index (κ2) is 8.23. The van der Waals surface area contributed by atoms with Crippen molar-refractivity contribution in [1.82, 2.24) is 0 Å². The van der Waals surface area contributed by atoms with Crippen LogP contribution in [0.3, 0.4) is 0 Å². The van der Waals surface area contributed by atoms with E-state index in [1.54, 1.807) is 36.4 Å². The highest BCUT2D eigenvalue weighted by atomic mass is 32.1. The highest BCUT2D eigenvalue weighted by Gasteiger charge is 2.47. The number of carbonyl (C=O) groups excluding carboxylic acids is 2. The third-order valence-corrected chi connectivity index (χ3v) is 5.95. The fourth-order valence-electron chi connectivity index (χ4n) is 3.57. The van der Waals surface area contributed by atoms with E-state index in [4.69, 9.17) is 9.47 Å². The molecule has 1 N–H and O–H groups in total. The molecular formula is C23H18FNO5S. The van der Waals surface area contributed by atoms with Crippen LogP contribution in [0.2, 0.25) is 0 Å². The molecule has 1 aliphatic rings. The molecule has 8 heteroatoms. The normalized spacial score (nSPS) is 17.8. The van der Waals surface area contributed by atoms with Crippen LogP contribution >= 0.6 is 11.3 Å². The molecule has 1 atom stereocenters. The standard InChI is InChI=1S/C23H18FNO5S/c1-29-15-8-6-14(7-9-15)25-20(18-4-3-11-31-18)19(22(27)23(25)28)21(26)16-12-13(24)5-10-17(16)30-2/h3-12,20,26H,1-2H3/b21-19-. The van der Waals surface area contributed by atoms with Crippen LogP contribution in [0.25, 0.3) is 5.76 Å². The number of Topliss-reactive ketones (excluding diaryl/α,β-unsaturated/α-hetero) is 1. The first-order chi connectivity index (χ1) is 15.0. The Balaban J connectivity index is 1.93. The van der Waals surface area contributed by atoms with Crippen molar-refractivity contribution in [3.8, 4) is 11.5 Å². The monoisotopic (exact) mass is 439 g/mol. The molecule has 0 spiro atoms. The largest absolute Gasteiger partial charge is 0.507 e. The van der Waals surface area contributed by atoms with Crippen molar-refractivity contribution in [1.29, 1.82) is 0 Å². The summed E-state index contributed by atoms with van der Waals surface area (Å²) in [7, 11) is 2.90. The molecule has 1 fully saturated rings. The summed E-state index contributed by atoms with van der Waals surface area (Å²) in [4.78, 5) is 28.1. The highest BCUT2D eigenvalue weighted by molar-refractivity contribution is 7.10. The van der Waals surface area contributed by atoms with Crippen LogP contribution in [0, 0.1) is 5.82 Å². The molecule has 0 bridgehead atoms. The van der Waals surface area contributed by atoms with Crippen LogP contribution < -0.4 is 14.4 Å². The number of hydrogen-bond acceptors (Lipinski definition) is 6. The van der Waals surface area contributed by atoms with Gasteiger partial charge in [0, 0.05) is 10.6 Å². The zero-order chi connectivity index (χ0) is 22.1. The third kappa shape index (κ3) is 3.55. The second-order valence-electron chi connectivity index (χ2n) is 6.73. The van der Waals surface area contributed by atoms with Crippen molar-refractivity contribution in [3.05, 3.63) is 81.8 Å². The first-order valence-corrected chi connectivity index (χ1v) is 10.2. The van der Waals surface area contributed by atoms with Gasteiger partial charge in [0.15, 0.2) is 0 Å². The molecule has 2 heterocycles. The Bertz CT molecular complexity index is 1170. The van der Waals surface area contributed by atoms with Crippen LogP contribution in [0.5, 0.6) is 11.5 Å². The molecule has 0 radical (unpaired) electrons. The zero-order valence-corrected chi connectivity index (χ0v) is 17.5. The first-order valence-electron chi connectivity index (χ1n) is 9.28. The van der Waals surface area contributed by atoms with Crippen LogP contribution in [-0.2, 0) is 9.59 Å². The van der Waals surface area contributed by atoms with Gasteiger partial charge in [0.2, 0.25) is 0 Å². The number of carbonyl (C=O) groups is 2. The van der Waals surface area contributed by atoms with Gasteiger partial charge in [0.25, 0.3) is 11.7 Å².